The monoisotopic (exact) mass is 299 g/mol. The molecule has 0 unspecified atom stereocenters. The third-order valence-electron chi connectivity index (χ3n) is 4.13. The number of ketones is 1. The summed E-state index contributed by atoms with van der Waals surface area (Å²) < 4.78 is 0. The van der Waals surface area contributed by atoms with Gasteiger partial charge in [-0.3, -0.25) is 4.79 Å². The molecule has 1 aliphatic rings. The highest BCUT2D eigenvalue weighted by Gasteiger charge is 2.33. The number of Topliss-reactive ketones (excluding diaryl/α,β-unsaturated/α-hetero) is 1. The second-order valence-corrected chi connectivity index (χ2v) is 6.25. The number of carbonyl (C=O) groups excluding carboxylic acids is 1. The van der Waals surface area contributed by atoms with Gasteiger partial charge in [0.2, 0.25) is 0 Å². The molecule has 2 rings (SSSR count). The quantitative estimate of drug-likeness (QED) is 0.833. The van der Waals surface area contributed by atoms with E-state index in [9.17, 15) is 4.79 Å². The van der Waals surface area contributed by atoms with E-state index in [1.54, 1.807) is 18.2 Å². The number of carbonyl (C=O) groups is 1. The summed E-state index contributed by atoms with van der Waals surface area (Å²) in [6.07, 6.45) is 6.11. The van der Waals surface area contributed by atoms with E-state index < -0.39 is 0 Å². The molecule has 1 aromatic rings. The molecule has 4 heteroatoms. The van der Waals surface area contributed by atoms with Gasteiger partial charge in [-0.05, 0) is 36.9 Å². The maximum Gasteiger partial charge on any atom is 0.165 e. The molecule has 0 atom stereocenters. The van der Waals surface area contributed by atoms with Crippen LogP contribution in [0.3, 0.4) is 0 Å². The Bertz CT molecular complexity index is 467. The molecule has 0 aliphatic heterocycles. The lowest BCUT2D eigenvalue weighted by Crippen LogP contribution is -2.35. The number of nitrogens with two attached hydrogens (primary N) is 1. The first-order valence-electron chi connectivity index (χ1n) is 6.75. The number of halogens is 2. The van der Waals surface area contributed by atoms with E-state index in [0.29, 0.717) is 28.6 Å². The standard InChI is InChI=1S/C15H19Cl2NO/c16-12-6-4-5-11(14(12)17)13(19)9-15(10-18)7-2-1-3-8-15/h4-6H,1-3,7-10,18H2. The zero-order valence-electron chi connectivity index (χ0n) is 10.9. The molecule has 1 aliphatic carbocycles. The van der Waals surface area contributed by atoms with Gasteiger partial charge < -0.3 is 5.73 Å². The molecule has 0 amide bonds. The smallest absolute Gasteiger partial charge is 0.165 e. The van der Waals surface area contributed by atoms with Crippen molar-refractivity contribution in [3.8, 4) is 0 Å². The average molecular weight is 300 g/mol. The summed E-state index contributed by atoms with van der Waals surface area (Å²) in [5, 5.41) is 0.787. The SMILES string of the molecule is NCC1(CC(=O)c2cccc(Cl)c2Cl)CCCCC1. The van der Waals surface area contributed by atoms with E-state index in [1.807, 2.05) is 0 Å². The first-order chi connectivity index (χ1) is 9.08. The van der Waals surface area contributed by atoms with Crippen molar-refractivity contribution in [3.63, 3.8) is 0 Å². The third kappa shape index (κ3) is 3.31. The minimum absolute atomic E-state index is 0.0407. The molecule has 104 valence electrons. The molecular weight excluding hydrogens is 281 g/mol. The Morgan fingerprint density at radius 1 is 1.21 bits per heavy atom. The lowest BCUT2D eigenvalue weighted by atomic mass is 9.70. The first-order valence-corrected chi connectivity index (χ1v) is 7.51. The predicted octanol–water partition coefficient (Wildman–Crippen LogP) is 4.48. The van der Waals surface area contributed by atoms with Gasteiger partial charge in [0.25, 0.3) is 0 Å². The van der Waals surface area contributed by atoms with Crippen LogP contribution in [0, 0.1) is 5.41 Å². The van der Waals surface area contributed by atoms with Crippen LogP contribution in [0.2, 0.25) is 10.0 Å². The topological polar surface area (TPSA) is 43.1 Å². The Balaban J connectivity index is 2.17. The third-order valence-corrected chi connectivity index (χ3v) is 4.95. The van der Waals surface area contributed by atoms with Crippen LogP contribution in [0.5, 0.6) is 0 Å². The molecule has 0 radical (unpaired) electrons. The summed E-state index contributed by atoms with van der Waals surface area (Å²) in [5.41, 5.74) is 6.40. The van der Waals surface area contributed by atoms with Crippen molar-refractivity contribution in [3.05, 3.63) is 33.8 Å². The summed E-state index contributed by atoms with van der Waals surface area (Å²) in [7, 11) is 0. The molecular formula is C15H19Cl2NO. The van der Waals surface area contributed by atoms with E-state index >= 15 is 0 Å². The minimum atomic E-state index is -0.0407. The molecule has 2 nitrogen and oxygen atoms in total. The predicted molar refractivity (Wildman–Crippen MR) is 80.0 cm³/mol. The zero-order chi connectivity index (χ0) is 13.9. The van der Waals surface area contributed by atoms with Gasteiger partial charge in [-0.25, -0.2) is 0 Å². The van der Waals surface area contributed by atoms with E-state index in [2.05, 4.69) is 0 Å². The first kappa shape index (κ1) is 14.8. The lowest BCUT2D eigenvalue weighted by molar-refractivity contribution is 0.0868. The van der Waals surface area contributed by atoms with Crippen LogP contribution in [-0.4, -0.2) is 12.3 Å². The van der Waals surface area contributed by atoms with Crippen molar-refractivity contribution in [1.29, 1.82) is 0 Å². The van der Waals surface area contributed by atoms with Gasteiger partial charge in [0.1, 0.15) is 0 Å². The fourth-order valence-electron chi connectivity index (χ4n) is 2.91. The molecule has 0 heterocycles. The van der Waals surface area contributed by atoms with Gasteiger partial charge in [-0.1, -0.05) is 48.5 Å². The van der Waals surface area contributed by atoms with E-state index in [-0.39, 0.29) is 11.2 Å². The maximum atomic E-state index is 12.5. The Hall–Kier alpha value is -0.570. The summed E-state index contributed by atoms with van der Waals surface area (Å²) in [6, 6.07) is 5.20. The number of benzene rings is 1. The summed E-state index contributed by atoms with van der Waals surface area (Å²) in [5.74, 6) is 0.0554. The van der Waals surface area contributed by atoms with Crippen molar-refractivity contribution in [2.75, 3.05) is 6.54 Å². The summed E-state index contributed by atoms with van der Waals surface area (Å²) in [4.78, 5) is 12.5. The van der Waals surface area contributed by atoms with Crippen molar-refractivity contribution < 1.29 is 4.79 Å². The number of hydrogen-bond donors (Lipinski definition) is 1. The summed E-state index contributed by atoms with van der Waals surface area (Å²) in [6.45, 7) is 0.566. The van der Waals surface area contributed by atoms with E-state index in [1.165, 1.54) is 6.42 Å². The fourth-order valence-corrected chi connectivity index (χ4v) is 3.32. The average Bonchev–Trinajstić information content (AvgIpc) is 2.42. The highest BCUT2D eigenvalue weighted by atomic mass is 35.5. The van der Waals surface area contributed by atoms with Crippen LogP contribution < -0.4 is 5.73 Å². The molecule has 0 bridgehead atoms. The van der Waals surface area contributed by atoms with Crippen LogP contribution in [0.4, 0.5) is 0 Å². The Morgan fingerprint density at radius 3 is 2.53 bits per heavy atom. The highest BCUT2D eigenvalue weighted by Crippen LogP contribution is 2.40. The molecule has 1 aromatic carbocycles. The normalized spacial score (nSPS) is 18.3. The number of rotatable bonds is 4. The lowest BCUT2D eigenvalue weighted by Gasteiger charge is -2.35. The van der Waals surface area contributed by atoms with Crippen LogP contribution >= 0.6 is 23.2 Å². The fraction of sp³-hybridized carbons (Fsp3) is 0.533. The molecule has 1 saturated carbocycles. The van der Waals surface area contributed by atoms with Crippen molar-refractivity contribution >= 4 is 29.0 Å². The van der Waals surface area contributed by atoms with Gasteiger partial charge in [-0.2, -0.15) is 0 Å². The molecule has 0 aromatic heterocycles. The maximum absolute atomic E-state index is 12.5. The van der Waals surface area contributed by atoms with Crippen LogP contribution in [0.15, 0.2) is 18.2 Å². The van der Waals surface area contributed by atoms with Gasteiger partial charge in [0, 0.05) is 12.0 Å². The Labute approximate surface area is 124 Å². The van der Waals surface area contributed by atoms with Gasteiger partial charge in [0.15, 0.2) is 5.78 Å². The van der Waals surface area contributed by atoms with Crippen molar-refractivity contribution in [2.24, 2.45) is 11.1 Å². The van der Waals surface area contributed by atoms with Crippen LogP contribution in [0.25, 0.3) is 0 Å². The number of hydrogen-bond acceptors (Lipinski definition) is 2. The molecule has 0 spiro atoms. The van der Waals surface area contributed by atoms with Gasteiger partial charge in [-0.15, -0.1) is 0 Å². The second kappa shape index (κ2) is 6.25. The molecule has 0 saturated heterocycles. The highest BCUT2D eigenvalue weighted by molar-refractivity contribution is 6.43. The van der Waals surface area contributed by atoms with Crippen molar-refractivity contribution in [2.45, 2.75) is 38.5 Å². The Morgan fingerprint density at radius 2 is 1.89 bits per heavy atom. The Kier molecular flexibility index (Phi) is 4.88. The zero-order valence-corrected chi connectivity index (χ0v) is 12.4. The molecule has 2 N–H and O–H groups in total. The van der Waals surface area contributed by atoms with Crippen molar-refractivity contribution in [1.82, 2.24) is 0 Å². The minimum Gasteiger partial charge on any atom is -0.330 e. The van der Waals surface area contributed by atoms with Crippen LogP contribution in [-0.2, 0) is 0 Å². The molecule has 19 heavy (non-hydrogen) atoms. The molecule has 1 fully saturated rings. The van der Waals surface area contributed by atoms with Gasteiger partial charge >= 0.3 is 0 Å². The summed E-state index contributed by atoms with van der Waals surface area (Å²) >= 11 is 12.1. The van der Waals surface area contributed by atoms with E-state index in [4.69, 9.17) is 28.9 Å². The van der Waals surface area contributed by atoms with E-state index in [0.717, 1.165) is 25.7 Å². The van der Waals surface area contributed by atoms with Gasteiger partial charge in [0.05, 0.1) is 10.0 Å². The largest absolute Gasteiger partial charge is 0.330 e. The second-order valence-electron chi connectivity index (χ2n) is 5.47. The van der Waals surface area contributed by atoms with Crippen LogP contribution in [0.1, 0.15) is 48.9 Å².